The van der Waals surface area contributed by atoms with Crippen molar-refractivity contribution >= 4 is 43.9 Å². The topological polar surface area (TPSA) is 0 Å². The molecule has 3 heteroatoms. The Morgan fingerprint density at radius 3 is 1.45 bits per heavy atom. The maximum Gasteiger partial charge on any atom is 0.212 e. The first-order chi connectivity index (χ1) is 4.68. The fourth-order valence-corrected chi connectivity index (χ4v) is 0.866. The van der Waals surface area contributed by atoms with Crippen LogP contribution in [-0.2, 0) is 0 Å². The van der Waals surface area contributed by atoms with Crippen LogP contribution >= 0.6 is 12.4 Å². The third kappa shape index (κ3) is 34.7. The molecule has 0 heterocycles. The second-order valence-corrected chi connectivity index (χ2v) is 5.93. The number of rotatable bonds is 3. The van der Waals surface area contributed by atoms with Gasteiger partial charge in [-0.05, 0) is 0 Å². The van der Waals surface area contributed by atoms with Gasteiger partial charge >= 0.3 is 0 Å². The van der Waals surface area contributed by atoms with E-state index >= 15 is 0 Å². The maximum absolute atomic E-state index is 2.26. The van der Waals surface area contributed by atoms with E-state index in [0.29, 0.717) is 0 Å². The van der Waals surface area contributed by atoms with Crippen LogP contribution in [0.2, 0.25) is 15.8 Å². The molecule has 0 nitrogen and oxygen atoms in total. The molecule has 0 aliphatic carbocycles. The molecule has 0 aliphatic heterocycles. The Balaban J connectivity index is -0.000000107. The molecule has 0 fully saturated rings. The minimum atomic E-state index is 0. The van der Waals surface area contributed by atoms with E-state index < -0.39 is 0 Å². The van der Waals surface area contributed by atoms with Crippen LogP contribution in [-0.4, -0.2) is 31.5 Å². The fraction of sp³-hybridized carbons (Fsp3) is 1.00. The van der Waals surface area contributed by atoms with Crippen LogP contribution in [0.3, 0.4) is 0 Å². The van der Waals surface area contributed by atoms with Crippen molar-refractivity contribution in [3.05, 3.63) is 0 Å². The molecule has 0 amide bonds. The molecule has 0 rings (SSSR count). The highest BCUT2D eigenvalue weighted by molar-refractivity contribution is 6.34. The highest BCUT2D eigenvalue weighted by atomic mass is 35.5. The van der Waals surface area contributed by atoms with E-state index in [9.17, 15) is 0 Å². The standard InChI is InChI=1S/C4H9.2C2H5.2Al.ClH.2H/c1-4(2)3;2*1-2;;;;;/h4H,1H2,2-3H3;2*1H2,2H3;;;1H;;. The third-order valence-corrected chi connectivity index (χ3v) is 4.18. The third-order valence-electron chi connectivity index (χ3n) is 1.39. The summed E-state index contributed by atoms with van der Waals surface area (Å²) in [6, 6.07) is 0. The van der Waals surface area contributed by atoms with E-state index in [2.05, 4.69) is 27.7 Å². The van der Waals surface area contributed by atoms with Gasteiger partial charge in [-0.1, -0.05) is 38.9 Å². The van der Waals surface area contributed by atoms with E-state index in [-0.39, 0.29) is 12.4 Å². The Bertz CT molecular complexity index is 47.4. The smallest absolute Gasteiger partial charge is 0.147 e. The molecule has 67 valence electrons. The van der Waals surface area contributed by atoms with Crippen LogP contribution < -0.4 is 0 Å². The summed E-state index contributed by atoms with van der Waals surface area (Å²) in [4.78, 5) is 0. The van der Waals surface area contributed by atoms with Gasteiger partial charge in [-0.2, -0.15) is 0 Å². The van der Waals surface area contributed by atoms with Gasteiger partial charge in [-0.3, -0.25) is 0 Å². The Morgan fingerprint density at radius 1 is 1.18 bits per heavy atom. The lowest BCUT2D eigenvalue weighted by Gasteiger charge is -1.90. The SMILES string of the molecule is CC(C)[CH2][AlH2].C[CH2][Al][CH2]C.Cl. The van der Waals surface area contributed by atoms with E-state index in [1.165, 1.54) is 32.1 Å². The summed E-state index contributed by atoms with van der Waals surface area (Å²) in [5.74, 6) is 0.946. The fourth-order valence-electron chi connectivity index (χ4n) is 0.289. The summed E-state index contributed by atoms with van der Waals surface area (Å²) >= 11 is 2.19. The molecule has 1 radical (unpaired) electrons. The van der Waals surface area contributed by atoms with Crippen LogP contribution in [0.5, 0.6) is 0 Å². The minimum Gasteiger partial charge on any atom is -0.147 e. The highest BCUT2D eigenvalue weighted by Crippen LogP contribution is 1.92. The van der Waals surface area contributed by atoms with Crippen LogP contribution in [0, 0.1) is 5.92 Å². The van der Waals surface area contributed by atoms with Gasteiger partial charge in [0.2, 0.25) is 16.3 Å². The summed E-state index contributed by atoms with van der Waals surface area (Å²) < 4.78 is 0. The molecule has 0 spiro atoms. The molecule has 0 bridgehead atoms. The van der Waals surface area contributed by atoms with Crippen LogP contribution in [0.25, 0.3) is 0 Å². The zero-order valence-corrected chi connectivity index (χ0v) is 12.7. The summed E-state index contributed by atoms with van der Waals surface area (Å²) in [7, 11) is 0. The Labute approximate surface area is 93.1 Å². The summed E-state index contributed by atoms with van der Waals surface area (Å²) in [5.41, 5.74) is 0. The number of hydrogen-bond acceptors (Lipinski definition) is 0. The average Bonchev–Trinajstić information content (AvgIpc) is 1.91. The van der Waals surface area contributed by atoms with Crippen molar-refractivity contribution in [1.29, 1.82) is 0 Å². The number of halogens is 1. The van der Waals surface area contributed by atoms with E-state index in [0.717, 1.165) is 21.1 Å². The molecule has 0 atom stereocenters. The van der Waals surface area contributed by atoms with Crippen LogP contribution in [0.4, 0.5) is 0 Å². The van der Waals surface area contributed by atoms with Crippen molar-refractivity contribution in [2.45, 2.75) is 43.5 Å². The average molecular weight is 208 g/mol. The molecule has 0 saturated heterocycles. The Hall–Kier alpha value is 1.35. The maximum atomic E-state index is 2.26. The molecule has 11 heavy (non-hydrogen) atoms. The zero-order valence-electron chi connectivity index (χ0n) is 8.68. The van der Waals surface area contributed by atoms with Crippen LogP contribution in [0.15, 0.2) is 0 Å². The monoisotopic (exact) mass is 207 g/mol. The Morgan fingerprint density at radius 2 is 1.45 bits per heavy atom. The van der Waals surface area contributed by atoms with Crippen molar-refractivity contribution in [2.75, 3.05) is 0 Å². The van der Waals surface area contributed by atoms with Gasteiger partial charge < -0.3 is 0 Å². The molecule has 0 N–H and O–H groups in total. The molecule has 0 aliphatic rings. The molecular weight excluding hydrogens is 186 g/mol. The Kier molecular flexibility index (Phi) is 28.9. The lowest BCUT2D eigenvalue weighted by molar-refractivity contribution is 0.735. The molecular formula is C8H22Al2Cl. The van der Waals surface area contributed by atoms with Gasteiger partial charge in [0.05, 0.1) is 0 Å². The van der Waals surface area contributed by atoms with Crippen molar-refractivity contribution < 1.29 is 0 Å². The summed E-state index contributed by atoms with van der Waals surface area (Å²) in [6.07, 6.45) is 0. The second kappa shape index (κ2) is 17.4. The van der Waals surface area contributed by atoms with E-state index in [4.69, 9.17) is 0 Å². The molecule has 0 aromatic carbocycles. The van der Waals surface area contributed by atoms with Gasteiger partial charge in [-0.15, -0.1) is 23.0 Å². The quantitative estimate of drug-likeness (QED) is 0.625. The summed E-state index contributed by atoms with van der Waals surface area (Å²) in [5, 5.41) is 4.30. The van der Waals surface area contributed by atoms with Crippen molar-refractivity contribution in [1.82, 2.24) is 0 Å². The molecule has 0 aromatic rings. The van der Waals surface area contributed by atoms with Crippen molar-refractivity contribution in [3.63, 3.8) is 0 Å². The first-order valence-electron chi connectivity index (χ1n) is 4.50. The van der Waals surface area contributed by atoms with Crippen LogP contribution in [0.1, 0.15) is 27.7 Å². The van der Waals surface area contributed by atoms with Crippen molar-refractivity contribution in [2.24, 2.45) is 5.92 Å². The van der Waals surface area contributed by atoms with Gasteiger partial charge in [0.1, 0.15) is 0 Å². The first kappa shape index (κ1) is 18.2. The van der Waals surface area contributed by atoms with Gasteiger partial charge in [0.25, 0.3) is 0 Å². The molecule has 0 saturated carbocycles. The van der Waals surface area contributed by atoms with Gasteiger partial charge in [-0.25, -0.2) is 0 Å². The lowest BCUT2D eigenvalue weighted by Crippen LogP contribution is -1.80. The lowest BCUT2D eigenvalue weighted by atomic mass is 10.3. The minimum absolute atomic E-state index is 0. The molecule has 0 aromatic heterocycles. The van der Waals surface area contributed by atoms with Gasteiger partial charge in [0.15, 0.2) is 15.2 Å². The first-order valence-corrected chi connectivity index (χ1v) is 7.55. The zero-order chi connectivity index (χ0) is 8.41. The normalized spacial score (nSPS) is 7.73. The van der Waals surface area contributed by atoms with Gasteiger partial charge in [0, 0.05) is 0 Å². The number of hydrogen-bond donors (Lipinski definition) is 0. The highest BCUT2D eigenvalue weighted by Gasteiger charge is 1.80. The van der Waals surface area contributed by atoms with E-state index in [1.54, 1.807) is 0 Å². The predicted molar refractivity (Wildman–Crippen MR) is 62.2 cm³/mol. The predicted octanol–water partition coefficient (Wildman–Crippen LogP) is 2.68. The van der Waals surface area contributed by atoms with E-state index in [1.807, 2.05) is 0 Å². The summed E-state index contributed by atoms with van der Waals surface area (Å²) in [6.45, 7) is 9.01. The second-order valence-electron chi connectivity index (χ2n) is 2.91. The largest absolute Gasteiger partial charge is 0.212 e. The molecule has 0 unspecified atom stereocenters. The van der Waals surface area contributed by atoms with Crippen molar-refractivity contribution in [3.8, 4) is 0 Å².